The smallest absolute Gasteiger partial charge is 0.416 e. The lowest BCUT2D eigenvalue weighted by Crippen LogP contribution is -2.43. The number of amides is 1. The van der Waals surface area contributed by atoms with Gasteiger partial charge >= 0.3 is 6.09 Å². The molecule has 0 saturated carbocycles. The third-order valence-electron chi connectivity index (χ3n) is 8.35. The molecule has 1 amide bonds. The molecule has 0 radical (unpaired) electrons. The minimum Gasteiger partial charge on any atom is -0.497 e. The van der Waals surface area contributed by atoms with Gasteiger partial charge in [-0.2, -0.15) is 0 Å². The number of benzene rings is 2. The summed E-state index contributed by atoms with van der Waals surface area (Å²) in [5.41, 5.74) is 3.23. The number of carbonyl (C=O) groups is 1. The first-order valence-corrected chi connectivity index (χ1v) is 14.6. The van der Waals surface area contributed by atoms with Gasteiger partial charge in [-0.3, -0.25) is 4.90 Å². The Labute approximate surface area is 240 Å². The molecular formula is C32H36ClN3O4. The summed E-state index contributed by atoms with van der Waals surface area (Å²) in [4.78, 5) is 21.4. The van der Waals surface area contributed by atoms with Crippen molar-refractivity contribution in [2.75, 3.05) is 33.9 Å². The fourth-order valence-electron chi connectivity index (χ4n) is 6.09. The summed E-state index contributed by atoms with van der Waals surface area (Å²) in [7, 11) is 3.78. The average molecular weight is 562 g/mol. The summed E-state index contributed by atoms with van der Waals surface area (Å²) in [6.07, 6.45) is 9.07. The van der Waals surface area contributed by atoms with Crippen LogP contribution in [0.4, 0.5) is 4.79 Å². The van der Waals surface area contributed by atoms with E-state index in [1.807, 2.05) is 12.1 Å². The van der Waals surface area contributed by atoms with Gasteiger partial charge in [-0.15, -0.1) is 11.6 Å². The maximum atomic E-state index is 13.6. The molecule has 7 nitrogen and oxygen atoms in total. The summed E-state index contributed by atoms with van der Waals surface area (Å²) < 4.78 is 17.3. The van der Waals surface area contributed by atoms with Gasteiger partial charge in [0.05, 0.1) is 12.5 Å². The van der Waals surface area contributed by atoms with Gasteiger partial charge < -0.3 is 24.1 Å². The predicted molar refractivity (Wildman–Crippen MR) is 157 cm³/mol. The average Bonchev–Trinajstić information content (AvgIpc) is 3.35. The molecule has 1 N–H and O–H groups in total. The number of piperidine rings is 1. The zero-order valence-electron chi connectivity index (χ0n) is 23.1. The van der Waals surface area contributed by atoms with E-state index in [1.54, 1.807) is 36.3 Å². The Hall–Kier alpha value is -3.42. The van der Waals surface area contributed by atoms with Crippen LogP contribution < -0.4 is 24.8 Å². The van der Waals surface area contributed by atoms with Gasteiger partial charge in [0.25, 0.3) is 0 Å². The molecule has 2 aliphatic heterocycles. The lowest BCUT2D eigenvalue weighted by molar-refractivity contribution is 0.125. The number of carbonyl (C=O) groups excluding carboxylic acids is 1. The van der Waals surface area contributed by atoms with Crippen molar-refractivity contribution < 1.29 is 19.0 Å². The van der Waals surface area contributed by atoms with Crippen molar-refractivity contribution in [3.63, 3.8) is 0 Å². The van der Waals surface area contributed by atoms with Gasteiger partial charge in [-0.05, 0) is 86.8 Å². The third-order valence-corrected chi connectivity index (χ3v) is 8.66. The molecule has 6 rings (SSSR count). The van der Waals surface area contributed by atoms with Gasteiger partial charge in [0.15, 0.2) is 0 Å². The molecule has 3 heterocycles. The standard InChI is InChI=1S/C32H36ClN3O4/c1-35-17-4-3-5-23(35)20-39-25-9-6-21(7-10-25)31-30-27(28-19-22(33)8-15-29(28)34-30)16-18-36(31)32(37)40-26-13-11-24(38-2)12-14-26/h6-7,9-15,19,22-23,31,34H,3-5,8,16-18,20H2,1-2H3. The molecule has 2 aromatic carbocycles. The molecule has 40 heavy (non-hydrogen) atoms. The van der Waals surface area contributed by atoms with E-state index in [-0.39, 0.29) is 11.4 Å². The molecule has 1 aromatic heterocycles. The summed E-state index contributed by atoms with van der Waals surface area (Å²) in [5, 5.41) is 2.21. The van der Waals surface area contributed by atoms with Gasteiger partial charge in [0, 0.05) is 28.8 Å². The van der Waals surface area contributed by atoms with Crippen LogP contribution in [0.15, 0.2) is 48.5 Å². The van der Waals surface area contributed by atoms with E-state index in [0.717, 1.165) is 47.0 Å². The quantitative estimate of drug-likeness (QED) is 0.445. The molecule has 3 aliphatic rings. The first-order valence-electron chi connectivity index (χ1n) is 14.1. The largest absolute Gasteiger partial charge is 0.497 e. The topological polar surface area (TPSA) is 67.0 Å². The molecule has 3 aromatic rings. The highest BCUT2D eigenvalue weighted by molar-refractivity contribution is 6.24. The molecule has 3 unspecified atom stereocenters. The van der Waals surface area contributed by atoms with Crippen molar-refractivity contribution in [3.8, 4) is 17.2 Å². The number of likely N-dealkylation sites (N-methyl/N-ethyl adjacent to an activating group) is 1. The molecular weight excluding hydrogens is 526 g/mol. The van der Waals surface area contributed by atoms with Crippen LogP contribution in [0.25, 0.3) is 12.2 Å². The number of hydrogen-bond acceptors (Lipinski definition) is 5. The fourth-order valence-corrected chi connectivity index (χ4v) is 6.30. The van der Waals surface area contributed by atoms with Crippen LogP contribution >= 0.6 is 11.6 Å². The summed E-state index contributed by atoms with van der Waals surface area (Å²) in [5.74, 6) is 2.02. The molecule has 1 saturated heterocycles. The number of likely N-dealkylation sites (tertiary alicyclic amines) is 1. The van der Waals surface area contributed by atoms with E-state index in [9.17, 15) is 4.79 Å². The van der Waals surface area contributed by atoms with E-state index >= 15 is 0 Å². The van der Waals surface area contributed by atoms with Gasteiger partial charge in [-0.1, -0.05) is 30.7 Å². The number of ether oxygens (including phenoxy) is 3. The first kappa shape index (κ1) is 26.8. The molecule has 1 fully saturated rings. The lowest BCUT2D eigenvalue weighted by Gasteiger charge is -2.35. The minimum atomic E-state index is -0.391. The molecule has 0 bridgehead atoms. The highest BCUT2D eigenvalue weighted by Crippen LogP contribution is 2.34. The predicted octanol–water partition coefficient (Wildman–Crippen LogP) is 4.61. The Balaban J connectivity index is 1.28. The molecule has 1 aliphatic carbocycles. The maximum Gasteiger partial charge on any atom is 0.416 e. The lowest BCUT2D eigenvalue weighted by atomic mass is 9.92. The number of fused-ring (bicyclic) bond motifs is 3. The molecule has 3 atom stereocenters. The highest BCUT2D eigenvalue weighted by atomic mass is 35.5. The second kappa shape index (κ2) is 11.6. The molecule has 8 heteroatoms. The number of H-pyrrole nitrogens is 1. The van der Waals surface area contributed by atoms with E-state index in [4.69, 9.17) is 25.8 Å². The molecule has 210 valence electrons. The Kier molecular flexibility index (Phi) is 7.76. The van der Waals surface area contributed by atoms with E-state index in [0.29, 0.717) is 30.7 Å². The van der Waals surface area contributed by atoms with Crippen LogP contribution in [0.3, 0.4) is 0 Å². The van der Waals surface area contributed by atoms with Crippen LogP contribution in [-0.4, -0.2) is 66.1 Å². The Morgan fingerprint density at radius 3 is 2.52 bits per heavy atom. The van der Waals surface area contributed by atoms with Crippen molar-refractivity contribution in [3.05, 3.63) is 75.9 Å². The number of nitrogens with one attached hydrogen (secondary N) is 1. The Morgan fingerprint density at radius 2 is 1.77 bits per heavy atom. The number of aromatic amines is 1. The maximum absolute atomic E-state index is 13.6. The minimum absolute atomic E-state index is 0.0245. The first-order chi connectivity index (χ1) is 19.5. The van der Waals surface area contributed by atoms with Crippen molar-refractivity contribution in [2.45, 2.75) is 49.6 Å². The number of hydrogen-bond donors (Lipinski definition) is 1. The zero-order valence-corrected chi connectivity index (χ0v) is 23.8. The van der Waals surface area contributed by atoms with Gasteiger partial charge in [0.2, 0.25) is 0 Å². The Bertz CT molecular complexity index is 1470. The number of methoxy groups -OCH3 is 1. The monoisotopic (exact) mass is 561 g/mol. The third kappa shape index (κ3) is 5.45. The fraction of sp³-hybridized carbons (Fsp3) is 0.406. The number of aromatic nitrogens is 1. The van der Waals surface area contributed by atoms with Crippen LogP contribution in [0.2, 0.25) is 0 Å². The van der Waals surface area contributed by atoms with Gasteiger partial charge in [0.1, 0.15) is 29.9 Å². The molecule has 0 spiro atoms. The van der Waals surface area contributed by atoms with E-state index in [2.05, 4.69) is 41.2 Å². The second-order valence-electron chi connectivity index (χ2n) is 10.9. The van der Waals surface area contributed by atoms with Crippen molar-refractivity contribution in [2.24, 2.45) is 0 Å². The van der Waals surface area contributed by atoms with Gasteiger partial charge in [-0.25, -0.2) is 4.79 Å². The van der Waals surface area contributed by atoms with E-state index < -0.39 is 6.09 Å². The van der Waals surface area contributed by atoms with Crippen LogP contribution in [0.1, 0.15) is 48.5 Å². The number of halogens is 1. The SMILES string of the molecule is COc1ccc(OC(=O)N2CCc3c([nH]c4c3=CC(Cl)CC=4)C2c2ccc(OCC3CCCCN3C)cc2)cc1. The summed E-state index contributed by atoms with van der Waals surface area (Å²) >= 11 is 6.49. The Morgan fingerprint density at radius 1 is 1.02 bits per heavy atom. The number of nitrogens with zero attached hydrogens (tertiary/aromatic N) is 2. The zero-order chi connectivity index (χ0) is 27.6. The highest BCUT2D eigenvalue weighted by Gasteiger charge is 2.35. The van der Waals surface area contributed by atoms with Crippen LogP contribution in [-0.2, 0) is 6.42 Å². The van der Waals surface area contributed by atoms with Crippen LogP contribution in [0, 0.1) is 0 Å². The van der Waals surface area contributed by atoms with Crippen molar-refractivity contribution in [1.82, 2.24) is 14.8 Å². The number of alkyl halides is 1. The second-order valence-corrected chi connectivity index (χ2v) is 11.4. The van der Waals surface area contributed by atoms with Crippen molar-refractivity contribution in [1.29, 1.82) is 0 Å². The normalized spacial score (nSPS) is 22.4. The summed E-state index contributed by atoms with van der Waals surface area (Å²) in [6, 6.07) is 15.3. The number of rotatable bonds is 6. The summed E-state index contributed by atoms with van der Waals surface area (Å²) in [6.45, 7) is 2.33. The van der Waals surface area contributed by atoms with Crippen molar-refractivity contribution >= 4 is 29.8 Å². The van der Waals surface area contributed by atoms with E-state index in [1.165, 1.54) is 24.8 Å². The van der Waals surface area contributed by atoms with Crippen LogP contribution in [0.5, 0.6) is 17.2 Å².